The Kier molecular flexibility index (Phi) is 5.03. The van der Waals surface area contributed by atoms with Gasteiger partial charge in [0.05, 0.1) is 22.9 Å². The summed E-state index contributed by atoms with van der Waals surface area (Å²) in [5.41, 5.74) is 0.699. The van der Waals surface area contributed by atoms with Crippen LogP contribution in [0, 0.1) is 0 Å². The SMILES string of the molecule is CCOC(=O)c1ccccc1NC(=O)c1sc2ccc3ccccc3c2c1Cl. The van der Waals surface area contributed by atoms with E-state index in [1.165, 1.54) is 11.3 Å². The van der Waals surface area contributed by atoms with Gasteiger partial charge in [0.2, 0.25) is 0 Å². The highest BCUT2D eigenvalue weighted by Gasteiger charge is 2.21. The molecule has 6 heteroatoms. The second-order valence-electron chi connectivity index (χ2n) is 6.13. The first-order chi connectivity index (χ1) is 13.6. The smallest absolute Gasteiger partial charge is 0.340 e. The molecule has 0 saturated heterocycles. The largest absolute Gasteiger partial charge is 0.462 e. The molecule has 4 aromatic rings. The summed E-state index contributed by atoms with van der Waals surface area (Å²) in [6, 6.07) is 18.7. The number of hydrogen-bond donors (Lipinski definition) is 1. The van der Waals surface area contributed by atoms with E-state index in [4.69, 9.17) is 16.3 Å². The van der Waals surface area contributed by atoms with Crippen molar-refractivity contribution in [3.63, 3.8) is 0 Å². The van der Waals surface area contributed by atoms with Gasteiger partial charge in [0, 0.05) is 10.1 Å². The topological polar surface area (TPSA) is 55.4 Å². The molecule has 0 spiro atoms. The average Bonchev–Trinajstić information content (AvgIpc) is 3.06. The predicted molar refractivity (Wildman–Crippen MR) is 115 cm³/mol. The highest BCUT2D eigenvalue weighted by molar-refractivity contribution is 7.22. The van der Waals surface area contributed by atoms with E-state index in [0.29, 0.717) is 21.2 Å². The number of carbonyl (C=O) groups excluding carboxylic acids is 2. The fourth-order valence-corrected chi connectivity index (χ4v) is 4.60. The first-order valence-corrected chi connectivity index (χ1v) is 9.97. The molecule has 140 valence electrons. The second kappa shape index (κ2) is 7.62. The monoisotopic (exact) mass is 409 g/mol. The maximum Gasteiger partial charge on any atom is 0.340 e. The van der Waals surface area contributed by atoms with E-state index in [0.717, 1.165) is 20.9 Å². The minimum Gasteiger partial charge on any atom is -0.462 e. The van der Waals surface area contributed by atoms with Crippen molar-refractivity contribution >= 4 is 61.4 Å². The molecule has 0 aliphatic heterocycles. The van der Waals surface area contributed by atoms with Gasteiger partial charge >= 0.3 is 5.97 Å². The Morgan fingerprint density at radius 1 is 1.04 bits per heavy atom. The number of para-hydroxylation sites is 1. The Labute approximate surface area is 170 Å². The van der Waals surface area contributed by atoms with Crippen LogP contribution in [0.5, 0.6) is 0 Å². The lowest BCUT2D eigenvalue weighted by Crippen LogP contribution is -2.15. The summed E-state index contributed by atoms with van der Waals surface area (Å²) in [4.78, 5) is 25.5. The molecule has 0 bridgehead atoms. The molecule has 0 unspecified atom stereocenters. The summed E-state index contributed by atoms with van der Waals surface area (Å²) >= 11 is 7.94. The second-order valence-corrected chi connectivity index (χ2v) is 7.56. The van der Waals surface area contributed by atoms with Crippen molar-refractivity contribution in [2.75, 3.05) is 11.9 Å². The van der Waals surface area contributed by atoms with E-state index >= 15 is 0 Å². The first kappa shape index (κ1) is 18.5. The fraction of sp³-hybridized carbons (Fsp3) is 0.0909. The number of halogens is 1. The van der Waals surface area contributed by atoms with Crippen LogP contribution in [0.25, 0.3) is 20.9 Å². The number of anilines is 1. The Bertz CT molecular complexity index is 1220. The predicted octanol–water partition coefficient (Wildman–Crippen LogP) is 6.14. The third kappa shape index (κ3) is 3.23. The molecule has 0 aliphatic carbocycles. The van der Waals surface area contributed by atoms with Gasteiger partial charge in [-0.3, -0.25) is 4.79 Å². The molecule has 1 amide bonds. The normalized spacial score (nSPS) is 10.9. The Hall–Kier alpha value is -2.89. The molecule has 3 aromatic carbocycles. The summed E-state index contributed by atoms with van der Waals surface area (Å²) in [6.45, 7) is 2.00. The van der Waals surface area contributed by atoms with E-state index in [9.17, 15) is 9.59 Å². The minimum absolute atomic E-state index is 0.260. The molecule has 28 heavy (non-hydrogen) atoms. The van der Waals surface area contributed by atoms with Crippen LogP contribution in [-0.2, 0) is 4.74 Å². The molecule has 0 radical (unpaired) electrons. The Balaban J connectivity index is 1.74. The zero-order chi connectivity index (χ0) is 19.7. The molecule has 4 nitrogen and oxygen atoms in total. The van der Waals surface area contributed by atoms with Gasteiger partial charge in [0.25, 0.3) is 5.91 Å². The van der Waals surface area contributed by atoms with Gasteiger partial charge in [-0.15, -0.1) is 11.3 Å². The van der Waals surface area contributed by atoms with Crippen LogP contribution in [0.3, 0.4) is 0 Å². The molecule has 1 heterocycles. The van der Waals surface area contributed by atoms with E-state index < -0.39 is 5.97 Å². The number of thiophene rings is 1. The number of carbonyl (C=O) groups is 2. The highest BCUT2D eigenvalue weighted by atomic mass is 35.5. The number of ether oxygens (including phenoxy) is 1. The quantitative estimate of drug-likeness (QED) is 0.412. The van der Waals surface area contributed by atoms with Gasteiger partial charge in [-0.2, -0.15) is 0 Å². The van der Waals surface area contributed by atoms with Crippen LogP contribution < -0.4 is 5.32 Å². The van der Waals surface area contributed by atoms with Crippen molar-refractivity contribution in [1.82, 2.24) is 0 Å². The van der Waals surface area contributed by atoms with Crippen molar-refractivity contribution in [3.05, 3.63) is 76.1 Å². The molecule has 0 saturated carbocycles. The van der Waals surface area contributed by atoms with Gasteiger partial charge in [-0.25, -0.2) is 4.79 Å². The van der Waals surface area contributed by atoms with Crippen molar-refractivity contribution in [3.8, 4) is 0 Å². The van der Waals surface area contributed by atoms with E-state index in [1.54, 1.807) is 31.2 Å². The third-order valence-electron chi connectivity index (χ3n) is 4.40. The molecule has 0 atom stereocenters. The maximum atomic E-state index is 12.9. The maximum absolute atomic E-state index is 12.9. The van der Waals surface area contributed by atoms with E-state index in [1.807, 2.05) is 36.4 Å². The molecule has 4 rings (SSSR count). The number of hydrogen-bond acceptors (Lipinski definition) is 4. The van der Waals surface area contributed by atoms with Gasteiger partial charge < -0.3 is 10.1 Å². The van der Waals surface area contributed by atoms with Gasteiger partial charge in [0.1, 0.15) is 4.88 Å². The van der Waals surface area contributed by atoms with Crippen molar-refractivity contribution in [2.24, 2.45) is 0 Å². The minimum atomic E-state index is -0.480. The highest BCUT2D eigenvalue weighted by Crippen LogP contribution is 2.40. The van der Waals surface area contributed by atoms with E-state index in [2.05, 4.69) is 5.32 Å². The summed E-state index contributed by atoms with van der Waals surface area (Å²) < 4.78 is 6.00. The lowest BCUT2D eigenvalue weighted by atomic mass is 10.1. The number of rotatable bonds is 4. The molecule has 1 aromatic heterocycles. The average molecular weight is 410 g/mol. The summed E-state index contributed by atoms with van der Waals surface area (Å²) in [5, 5.41) is 6.16. The summed E-state index contributed by atoms with van der Waals surface area (Å²) in [5.74, 6) is -0.834. The first-order valence-electron chi connectivity index (χ1n) is 8.77. The molecular weight excluding hydrogens is 394 g/mol. The van der Waals surface area contributed by atoms with Gasteiger partial charge in [-0.1, -0.05) is 54.1 Å². The van der Waals surface area contributed by atoms with Crippen LogP contribution in [-0.4, -0.2) is 18.5 Å². The standard InChI is InChI=1S/C22H16ClNO3S/c1-2-27-22(26)15-9-5-6-10-16(15)24-21(25)20-19(23)18-14-8-4-3-7-13(14)11-12-17(18)28-20/h3-12H,2H2,1H3,(H,24,25). The van der Waals surface area contributed by atoms with Crippen LogP contribution >= 0.6 is 22.9 Å². The lowest BCUT2D eigenvalue weighted by Gasteiger charge is -2.09. The van der Waals surface area contributed by atoms with Gasteiger partial charge in [-0.05, 0) is 35.9 Å². The third-order valence-corrected chi connectivity index (χ3v) is 6.04. The Morgan fingerprint density at radius 3 is 2.61 bits per heavy atom. The zero-order valence-electron chi connectivity index (χ0n) is 15.0. The molecule has 0 aliphatic rings. The summed E-state index contributed by atoms with van der Waals surface area (Å²) in [7, 11) is 0. The van der Waals surface area contributed by atoms with Crippen LogP contribution in [0.2, 0.25) is 5.02 Å². The van der Waals surface area contributed by atoms with Crippen molar-refractivity contribution < 1.29 is 14.3 Å². The Morgan fingerprint density at radius 2 is 1.79 bits per heavy atom. The molecule has 1 N–H and O–H groups in total. The number of esters is 1. The van der Waals surface area contributed by atoms with Crippen molar-refractivity contribution in [2.45, 2.75) is 6.92 Å². The zero-order valence-corrected chi connectivity index (χ0v) is 16.6. The van der Waals surface area contributed by atoms with E-state index in [-0.39, 0.29) is 12.5 Å². The van der Waals surface area contributed by atoms with Crippen molar-refractivity contribution in [1.29, 1.82) is 0 Å². The number of amides is 1. The molecule has 0 fully saturated rings. The van der Waals surface area contributed by atoms with Crippen LogP contribution in [0.1, 0.15) is 27.0 Å². The number of benzene rings is 3. The summed E-state index contributed by atoms with van der Waals surface area (Å²) in [6.07, 6.45) is 0. The number of fused-ring (bicyclic) bond motifs is 3. The van der Waals surface area contributed by atoms with Gasteiger partial charge in [0.15, 0.2) is 0 Å². The fourth-order valence-electron chi connectivity index (χ4n) is 3.14. The molecular formula is C22H16ClNO3S. The van der Waals surface area contributed by atoms with Crippen LogP contribution in [0.15, 0.2) is 60.7 Å². The van der Waals surface area contributed by atoms with Crippen LogP contribution in [0.4, 0.5) is 5.69 Å². The lowest BCUT2D eigenvalue weighted by molar-refractivity contribution is 0.0527. The number of nitrogens with one attached hydrogen (secondary N) is 1.